The summed E-state index contributed by atoms with van der Waals surface area (Å²) in [6.45, 7) is 16.5. The van der Waals surface area contributed by atoms with Crippen LogP contribution in [0, 0.1) is 17.3 Å². The van der Waals surface area contributed by atoms with E-state index < -0.39 is 0 Å². The van der Waals surface area contributed by atoms with E-state index in [-0.39, 0.29) is 17.1 Å². The highest BCUT2D eigenvalue weighted by Gasteiger charge is 2.28. The monoisotopic (exact) mass is 239 g/mol. The number of hydrogen-bond acceptors (Lipinski definition) is 2. The lowest BCUT2D eigenvalue weighted by atomic mass is 9.93. The third kappa shape index (κ3) is 7.41. The van der Waals surface area contributed by atoms with Gasteiger partial charge in [-0.1, -0.05) is 12.8 Å². The van der Waals surface area contributed by atoms with Gasteiger partial charge in [0.05, 0.1) is 5.60 Å². The maximum absolute atomic E-state index is 5.80. The molecule has 0 aromatic carbocycles. The van der Waals surface area contributed by atoms with E-state index in [1.54, 1.807) is 0 Å². The second kappa shape index (κ2) is 7.03. The molecule has 100 valence electrons. The summed E-state index contributed by atoms with van der Waals surface area (Å²) in [5.74, 6) is 6.56. The fourth-order valence-electron chi connectivity index (χ4n) is 1.70. The largest absolute Gasteiger partial charge is 0.374 e. The van der Waals surface area contributed by atoms with Gasteiger partial charge >= 0.3 is 0 Å². The van der Waals surface area contributed by atoms with Crippen molar-refractivity contribution in [1.82, 2.24) is 5.32 Å². The Kier molecular flexibility index (Phi) is 6.82. The Morgan fingerprint density at radius 3 is 2.12 bits per heavy atom. The summed E-state index contributed by atoms with van der Waals surface area (Å²) in [7, 11) is 0. The third-order valence-electron chi connectivity index (χ3n) is 2.58. The summed E-state index contributed by atoms with van der Waals surface area (Å²) < 4.78 is 5.80. The zero-order chi connectivity index (χ0) is 13.5. The third-order valence-corrected chi connectivity index (χ3v) is 2.58. The van der Waals surface area contributed by atoms with Gasteiger partial charge in [0, 0.05) is 24.5 Å². The molecule has 0 aromatic rings. The molecule has 1 N–H and O–H groups in total. The molecule has 0 aliphatic heterocycles. The van der Waals surface area contributed by atoms with Crippen LogP contribution in [0.2, 0.25) is 0 Å². The lowest BCUT2D eigenvalue weighted by Gasteiger charge is -2.33. The molecule has 0 heterocycles. The highest BCUT2D eigenvalue weighted by Crippen LogP contribution is 2.18. The minimum atomic E-state index is -0.169. The van der Waals surface area contributed by atoms with Crippen LogP contribution in [0.5, 0.6) is 0 Å². The highest BCUT2D eigenvalue weighted by molar-refractivity contribution is 5.10. The summed E-state index contributed by atoms with van der Waals surface area (Å²) in [4.78, 5) is 0. The molecule has 0 radical (unpaired) electrons. The Labute approximate surface area is 108 Å². The van der Waals surface area contributed by atoms with Crippen LogP contribution in [-0.2, 0) is 4.74 Å². The van der Waals surface area contributed by atoms with E-state index in [1.165, 1.54) is 0 Å². The van der Waals surface area contributed by atoms with Crippen molar-refractivity contribution in [3.8, 4) is 11.8 Å². The summed E-state index contributed by atoms with van der Waals surface area (Å²) >= 11 is 0. The van der Waals surface area contributed by atoms with Gasteiger partial charge < -0.3 is 10.1 Å². The summed E-state index contributed by atoms with van der Waals surface area (Å²) in [5, 5.41) is 3.47. The average Bonchev–Trinajstić information content (AvgIpc) is 2.14. The van der Waals surface area contributed by atoms with E-state index in [2.05, 4.69) is 58.7 Å². The van der Waals surface area contributed by atoms with Crippen molar-refractivity contribution >= 4 is 0 Å². The molecule has 2 heteroatoms. The molecule has 1 unspecified atom stereocenters. The van der Waals surface area contributed by atoms with E-state index >= 15 is 0 Å². The van der Waals surface area contributed by atoms with Gasteiger partial charge in [-0.2, -0.15) is 0 Å². The molecule has 0 saturated heterocycles. The van der Waals surface area contributed by atoms with Crippen molar-refractivity contribution in [2.45, 2.75) is 66.5 Å². The first-order chi connectivity index (χ1) is 7.73. The lowest BCUT2D eigenvalue weighted by molar-refractivity contribution is -0.0365. The van der Waals surface area contributed by atoms with Crippen molar-refractivity contribution < 1.29 is 4.74 Å². The zero-order valence-corrected chi connectivity index (χ0v) is 12.6. The van der Waals surface area contributed by atoms with E-state index in [4.69, 9.17) is 4.74 Å². The van der Waals surface area contributed by atoms with Crippen LogP contribution in [-0.4, -0.2) is 24.8 Å². The first kappa shape index (κ1) is 16.5. The molecule has 0 aromatic heterocycles. The van der Waals surface area contributed by atoms with Gasteiger partial charge in [-0.3, -0.25) is 0 Å². The number of likely N-dealkylation sites (N-methyl/N-ethyl adjacent to an activating group) is 1. The lowest BCUT2D eigenvalue weighted by Crippen LogP contribution is -2.48. The van der Waals surface area contributed by atoms with Crippen LogP contribution in [0.4, 0.5) is 0 Å². The normalized spacial score (nSPS) is 14.1. The van der Waals surface area contributed by atoms with Gasteiger partial charge in [0.2, 0.25) is 0 Å². The Hall–Kier alpha value is -0.520. The first-order valence-electron chi connectivity index (χ1n) is 6.60. The van der Waals surface area contributed by atoms with Crippen LogP contribution < -0.4 is 5.32 Å². The number of ether oxygens (including phenoxy) is 1. The van der Waals surface area contributed by atoms with E-state index in [9.17, 15) is 0 Å². The molecule has 0 aliphatic rings. The minimum absolute atomic E-state index is 0.0759. The van der Waals surface area contributed by atoms with Gasteiger partial charge in [0.1, 0.15) is 0 Å². The second-order valence-electron chi connectivity index (χ2n) is 5.90. The Balaban J connectivity index is 4.57. The van der Waals surface area contributed by atoms with Crippen LogP contribution >= 0.6 is 0 Å². The minimum Gasteiger partial charge on any atom is -0.374 e. The van der Waals surface area contributed by atoms with Crippen LogP contribution in [0.3, 0.4) is 0 Å². The van der Waals surface area contributed by atoms with Crippen molar-refractivity contribution in [2.75, 3.05) is 13.2 Å². The molecule has 0 fully saturated rings. The Bertz CT molecular complexity index is 265. The van der Waals surface area contributed by atoms with Crippen molar-refractivity contribution in [1.29, 1.82) is 0 Å². The summed E-state index contributed by atoms with van der Waals surface area (Å²) in [6, 6.07) is 0.280. The maximum Gasteiger partial charge on any atom is 0.0787 e. The van der Waals surface area contributed by atoms with Crippen molar-refractivity contribution in [3.05, 3.63) is 0 Å². The molecule has 1 atom stereocenters. The molecule has 0 spiro atoms. The van der Waals surface area contributed by atoms with Gasteiger partial charge in [-0.25, -0.2) is 0 Å². The molecule has 0 rings (SSSR count). The molecule has 0 amide bonds. The van der Waals surface area contributed by atoms with E-state index in [0.717, 1.165) is 19.6 Å². The van der Waals surface area contributed by atoms with E-state index in [0.29, 0.717) is 0 Å². The number of hydrogen-bond donors (Lipinski definition) is 1. The number of nitrogens with one attached hydrogen (secondary N) is 1. The fourth-order valence-corrected chi connectivity index (χ4v) is 1.70. The first-order valence-corrected chi connectivity index (χ1v) is 6.60. The molecular formula is C15H29NO. The second-order valence-corrected chi connectivity index (χ2v) is 5.90. The smallest absolute Gasteiger partial charge is 0.0787 e. The van der Waals surface area contributed by atoms with Gasteiger partial charge in [-0.15, -0.1) is 5.92 Å². The summed E-state index contributed by atoms with van der Waals surface area (Å²) in [5.41, 5.74) is -0.0934. The van der Waals surface area contributed by atoms with E-state index in [1.807, 2.05) is 6.92 Å². The average molecular weight is 239 g/mol. The summed E-state index contributed by atoms with van der Waals surface area (Å²) in [6.07, 6.45) is 0.831. The van der Waals surface area contributed by atoms with Gasteiger partial charge in [-0.05, 0) is 48.1 Å². The fraction of sp³-hybridized carbons (Fsp3) is 0.867. The number of rotatable bonds is 6. The standard InChI is InChI=1S/C15H29NO/c1-8-16-13(15(6,7)17-9-2)11-10-12-14(3,4)5/h13,16H,8-9,11H2,1-7H3. The van der Waals surface area contributed by atoms with Gasteiger partial charge in [0.15, 0.2) is 0 Å². The van der Waals surface area contributed by atoms with Crippen molar-refractivity contribution in [3.63, 3.8) is 0 Å². The molecule has 17 heavy (non-hydrogen) atoms. The van der Waals surface area contributed by atoms with Crippen LogP contribution in [0.1, 0.15) is 54.9 Å². The maximum atomic E-state index is 5.80. The molecular weight excluding hydrogens is 210 g/mol. The molecule has 0 aliphatic carbocycles. The van der Waals surface area contributed by atoms with Crippen LogP contribution in [0.25, 0.3) is 0 Å². The zero-order valence-electron chi connectivity index (χ0n) is 12.6. The van der Waals surface area contributed by atoms with Crippen molar-refractivity contribution in [2.24, 2.45) is 5.41 Å². The van der Waals surface area contributed by atoms with Crippen LogP contribution in [0.15, 0.2) is 0 Å². The Morgan fingerprint density at radius 2 is 1.71 bits per heavy atom. The quantitative estimate of drug-likeness (QED) is 0.719. The Morgan fingerprint density at radius 1 is 1.12 bits per heavy atom. The molecule has 0 saturated carbocycles. The molecule has 2 nitrogen and oxygen atoms in total. The predicted molar refractivity (Wildman–Crippen MR) is 75.0 cm³/mol. The SMILES string of the molecule is CCNC(CC#CC(C)(C)C)C(C)(C)OCC. The highest BCUT2D eigenvalue weighted by atomic mass is 16.5. The molecule has 0 bridgehead atoms. The predicted octanol–water partition coefficient (Wildman–Crippen LogP) is 3.22. The van der Waals surface area contributed by atoms with Gasteiger partial charge in [0.25, 0.3) is 0 Å². The topological polar surface area (TPSA) is 21.3 Å².